The normalized spacial score (nSPS) is 11.2. The maximum absolute atomic E-state index is 11.8. The third-order valence-corrected chi connectivity index (χ3v) is 3.26. The zero-order valence-electron chi connectivity index (χ0n) is 13.6. The van der Waals surface area contributed by atoms with Gasteiger partial charge in [0.2, 0.25) is 5.91 Å². The van der Waals surface area contributed by atoms with Crippen molar-refractivity contribution in [2.75, 3.05) is 18.9 Å². The number of nitrogens with one attached hydrogen (secondary N) is 3. The molecule has 0 aliphatic heterocycles. The molecule has 0 aliphatic rings. The maximum Gasteiger partial charge on any atom is 0.320 e. The standard InChI is InChI=1S/C17H20N4O3/c1-12(13-7-4-3-5-8-13)24-14-9-6-10-19-16(14)21-17(23)20-11-15(22)18-2/h3-10,12H,11H2,1-2H3,(H,18,22)(H2,19,20,21,23)/t12-/m1/s1. The van der Waals surface area contributed by atoms with E-state index in [0.29, 0.717) is 5.75 Å². The third-order valence-electron chi connectivity index (χ3n) is 3.26. The zero-order chi connectivity index (χ0) is 17.4. The summed E-state index contributed by atoms with van der Waals surface area (Å²) in [5.74, 6) is 0.443. The lowest BCUT2D eigenvalue weighted by Crippen LogP contribution is -2.37. The summed E-state index contributed by atoms with van der Waals surface area (Å²) >= 11 is 0. The van der Waals surface area contributed by atoms with Gasteiger partial charge in [-0.3, -0.25) is 10.1 Å². The largest absolute Gasteiger partial charge is 0.482 e. The lowest BCUT2D eigenvalue weighted by atomic mass is 10.1. The molecule has 0 spiro atoms. The molecule has 0 saturated heterocycles. The van der Waals surface area contributed by atoms with Crippen LogP contribution in [0, 0.1) is 0 Å². The van der Waals surface area contributed by atoms with Crippen LogP contribution in [0.25, 0.3) is 0 Å². The van der Waals surface area contributed by atoms with Gasteiger partial charge in [-0.25, -0.2) is 9.78 Å². The fraction of sp³-hybridized carbons (Fsp3) is 0.235. The van der Waals surface area contributed by atoms with Crippen molar-refractivity contribution < 1.29 is 14.3 Å². The highest BCUT2D eigenvalue weighted by Gasteiger charge is 2.13. The first-order valence-corrected chi connectivity index (χ1v) is 7.52. The van der Waals surface area contributed by atoms with Crippen molar-refractivity contribution in [3.05, 3.63) is 54.2 Å². The summed E-state index contributed by atoms with van der Waals surface area (Å²) < 4.78 is 5.89. The van der Waals surface area contributed by atoms with Gasteiger partial charge < -0.3 is 15.4 Å². The molecule has 3 N–H and O–H groups in total. The van der Waals surface area contributed by atoms with E-state index in [2.05, 4.69) is 20.9 Å². The van der Waals surface area contributed by atoms with Crippen molar-refractivity contribution in [1.82, 2.24) is 15.6 Å². The lowest BCUT2D eigenvalue weighted by molar-refractivity contribution is -0.119. The Kier molecular flexibility index (Phi) is 6.13. The van der Waals surface area contributed by atoms with E-state index in [1.54, 1.807) is 18.3 Å². The summed E-state index contributed by atoms with van der Waals surface area (Å²) in [5.41, 5.74) is 1.01. The summed E-state index contributed by atoms with van der Waals surface area (Å²) in [4.78, 5) is 27.1. The van der Waals surface area contributed by atoms with Crippen LogP contribution in [0.3, 0.4) is 0 Å². The quantitative estimate of drug-likeness (QED) is 0.757. The molecule has 3 amide bonds. The smallest absolute Gasteiger partial charge is 0.320 e. The van der Waals surface area contributed by atoms with E-state index >= 15 is 0 Å². The number of hydrogen-bond acceptors (Lipinski definition) is 4. The molecule has 7 nitrogen and oxygen atoms in total. The molecule has 1 aromatic heterocycles. The second-order valence-corrected chi connectivity index (χ2v) is 5.00. The van der Waals surface area contributed by atoms with Crippen LogP contribution < -0.4 is 20.7 Å². The molecule has 1 atom stereocenters. The van der Waals surface area contributed by atoms with Crippen molar-refractivity contribution in [3.63, 3.8) is 0 Å². The number of ether oxygens (including phenoxy) is 1. The molecule has 24 heavy (non-hydrogen) atoms. The first kappa shape index (κ1) is 17.3. The number of amides is 3. The molecule has 0 aliphatic carbocycles. The van der Waals surface area contributed by atoms with Crippen LogP contribution in [0.15, 0.2) is 48.7 Å². The van der Waals surface area contributed by atoms with E-state index in [1.807, 2.05) is 37.3 Å². The molecule has 126 valence electrons. The highest BCUT2D eigenvalue weighted by Crippen LogP contribution is 2.27. The minimum absolute atomic E-state index is 0.119. The van der Waals surface area contributed by atoms with Gasteiger partial charge in [-0.2, -0.15) is 0 Å². The Labute approximate surface area is 140 Å². The van der Waals surface area contributed by atoms with Crippen LogP contribution >= 0.6 is 0 Å². The van der Waals surface area contributed by atoms with Crippen molar-refractivity contribution >= 4 is 17.8 Å². The molecule has 2 rings (SSSR count). The van der Waals surface area contributed by atoms with Gasteiger partial charge in [0.25, 0.3) is 0 Å². The number of rotatable bonds is 6. The van der Waals surface area contributed by atoms with Crippen LogP contribution in [0.4, 0.5) is 10.6 Å². The minimum Gasteiger partial charge on any atom is -0.482 e. The Bertz CT molecular complexity index is 691. The van der Waals surface area contributed by atoms with Gasteiger partial charge in [-0.15, -0.1) is 0 Å². The van der Waals surface area contributed by atoms with Gasteiger partial charge in [0, 0.05) is 13.2 Å². The lowest BCUT2D eigenvalue weighted by Gasteiger charge is -2.17. The first-order chi connectivity index (χ1) is 11.6. The monoisotopic (exact) mass is 328 g/mol. The molecule has 7 heteroatoms. The van der Waals surface area contributed by atoms with Crippen molar-refractivity contribution in [2.45, 2.75) is 13.0 Å². The van der Waals surface area contributed by atoms with Crippen LogP contribution in [-0.4, -0.2) is 30.5 Å². The fourth-order valence-electron chi connectivity index (χ4n) is 1.96. The van der Waals surface area contributed by atoms with Gasteiger partial charge in [-0.05, 0) is 24.6 Å². The Balaban J connectivity index is 2.02. The molecule has 0 bridgehead atoms. The molecular weight excluding hydrogens is 308 g/mol. The summed E-state index contributed by atoms with van der Waals surface area (Å²) in [6.45, 7) is 1.80. The second-order valence-electron chi connectivity index (χ2n) is 5.00. The molecular formula is C17H20N4O3. The number of urea groups is 1. The van der Waals surface area contributed by atoms with Gasteiger partial charge in [0.05, 0.1) is 6.54 Å². The Morgan fingerprint density at radius 2 is 1.92 bits per heavy atom. The average molecular weight is 328 g/mol. The number of carbonyl (C=O) groups is 2. The average Bonchev–Trinajstić information content (AvgIpc) is 2.62. The molecule has 0 fully saturated rings. The van der Waals surface area contributed by atoms with Crippen LogP contribution in [-0.2, 0) is 4.79 Å². The number of anilines is 1. The molecule has 0 unspecified atom stereocenters. The van der Waals surface area contributed by atoms with E-state index < -0.39 is 6.03 Å². The number of benzene rings is 1. The van der Waals surface area contributed by atoms with Crippen LogP contribution in [0.1, 0.15) is 18.6 Å². The van der Waals surface area contributed by atoms with Crippen LogP contribution in [0.5, 0.6) is 5.75 Å². The fourth-order valence-corrected chi connectivity index (χ4v) is 1.96. The molecule has 0 radical (unpaired) electrons. The summed E-state index contributed by atoms with van der Waals surface area (Å²) in [5, 5.41) is 7.44. The number of nitrogens with zero attached hydrogens (tertiary/aromatic N) is 1. The Morgan fingerprint density at radius 1 is 1.17 bits per heavy atom. The van der Waals surface area contributed by atoms with E-state index in [9.17, 15) is 9.59 Å². The Morgan fingerprint density at radius 3 is 2.62 bits per heavy atom. The maximum atomic E-state index is 11.8. The van der Waals surface area contributed by atoms with Crippen LogP contribution in [0.2, 0.25) is 0 Å². The number of aromatic nitrogens is 1. The van der Waals surface area contributed by atoms with Gasteiger partial charge in [0.1, 0.15) is 6.10 Å². The minimum atomic E-state index is -0.533. The Hall–Kier alpha value is -3.09. The van der Waals surface area contributed by atoms with E-state index in [0.717, 1.165) is 5.56 Å². The number of pyridine rings is 1. The van der Waals surface area contributed by atoms with Crippen molar-refractivity contribution in [2.24, 2.45) is 0 Å². The van der Waals surface area contributed by atoms with Crippen molar-refractivity contribution in [1.29, 1.82) is 0 Å². The molecule has 1 aromatic carbocycles. The van der Waals surface area contributed by atoms with Gasteiger partial charge in [0.15, 0.2) is 11.6 Å². The highest BCUT2D eigenvalue weighted by atomic mass is 16.5. The first-order valence-electron chi connectivity index (χ1n) is 7.52. The highest BCUT2D eigenvalue weighted by molar-refractivity contribution is 5.92. The van der Waals surface area contributed by atoms with E-state index in [4.69, 9.17) is 4.74 Å². The molecule has 2 aromatic rings. The van der Waals surface area contributed by atoms with Gasteiger partial charge >= 0.3 is 6.03 Å². The predicted molar refractivity (Wildman–Crippen MR) is 90.8 cm³/mol. The van der Waals surface area contributed by atoms with E-state index in [1.165, 1.54) is 7.05 Å². The molecule has 0 saturated carbocycles. The topological polar surface area (TPSA) is 92.4 Å². The van der Waals surface area contributed by atoms with Crippen molar-refractivity contribution in [3.8, 4) is 5.75 Å². The zero-order valence-corrected chi connectivity index (χ0v) is 13.6. The summed E-state index contributed by atoms with van der Waals surface area (Å²) in [6.07, 6.45) is 1.35. The second kappa shape index (κ2) is 8.52. The summed E-state index contributed by atoms with van der Waals surface area (Å²) in [7, 11) is 1.50. The van der Waals surface area contributed by atoms with Gasteiger partial charge in [-0.1, -0.05) is 30.3 Å². The predicted octanol–water partition coefficient (Wildman–Crippen LogP) is 2.09. The number of likely N-dealkylation sites (N-methyl/N-ethyl adjacent to an activating group) is 1. The molecule has 1 heterocycles. The van der Waals surface area contributed by atoms with E-state index in [-0.39, 0.29) is 24.4 Å². The number of hydrogen-bond donors (Lipinski definition) is 3. The third kappa shape index (κ3) is 4.98. The number of carbonyl (C=O) groups excluding carboxylic acids is 2. The SMILES string of the molecule is CNC(=O)CNC(=O)Nc1ncccc1O[C@H](C)c1ccccc1. The summed E-state index contributed by atoms with van der Waals surface area (Å²) in [6, 6.07) is 12.6.